The normalized spacial score (nSPS) is 10.2. The molecule has 2 aromatic carbocycles. The number of amides is 1. The standard InChI is InChI=1S/C20H19FN4O3/c1-27-15-7-8-17(18(9-15)28-2)25-20-23-11-14(12-24-20)19(26)22-10-13-5-3-4-6-16(13)21/h3-9,11-12H,10H2,1-2H3,(H,22,26)(H,23,24,25). The van der Waals surface area contributed by atoms with Crippen molar-refractivity contribution < 1.29 is 18.7 Å². The summed E-state index contributed by atoms with van der Waals surface area (Å²) in [4.78, 5) is 20.5. The van der Waals surface area contributed by atoms with Crippen molar-refractivity contribution in [2.24, 2.45) is 0 Å². The molecule has 0 saturated carbocycles. The maximum Gasteiger partial charge on any atom is 0.254 e. The number of nitrogens with one attached hydrogen (secondary N) is 2. The highest BCUT2D eigenvalue weighted by Crippen LogP contribution is 2.30. The fraction of sp³-hybridized carbons (Fsp3) is 0.150. The van der Waals surface area contributed by atoms with Crippen LogP contribution >= 0.6 is 0 Å². The van der Waals surface area contributed by atoms with Crippen LogP contribution in [0.1, 0.15) is 15.9 Å². The zero-order valence-corrected chi connectivity index (χ0v) is 15.4. The van der Waals surface area contributed by atoms with Crippen LogP contribution in [0.4, 0.5) is 16.0 Å². The number of halogens is 1. The lowest BCUT2D eigenvalue weighted by atomic mass is 10.2. The summed E-state index contributed by atoms with van der Waals surface area (Å²) >= 11 is 0. The van der Waals surface area contributed by atoms with Gasteiger partial charge >= 0.3 is 0 Å². The van der Waals surface area contributed by atoms with Crippen molar-refractivity contribution >= 4 is 17.5 Å². The van der Waals surface area contributed by atoms with E-state index in [4.69, 9.17) is 9.47 Å². The third-order valence-corrected chi connectivity index (χ3v) is 3.97. The Hall–Kier alpha value is -3.68. The number of rotatable bonds is 7. The number of carbonyl (C=O) groups excluding carboxylic acids is 1. The average Bonchev–Trinajstić information content (AvgIpc) is 2.73. The number of hydrogen-bond acceptors (Lipinski definition) is 6. The van der Waals surface area contributed by atoms with Gasteiger partial charge in [-0.1, -0.05) is 18.2 Å². The number of aromatic nitrogens is 2. The first-order valence-electron chi connectivity index (χ1n) is 8.43. The Morgan fingerprint density at radius 2 is 1.82 bits per heavy atom. The monoisotopic (exact) mass is 382 g/mol. The SMILES string of the molecule is COc1ccc(Nc2ncc(C(=O)NCc3ccccc3F)cn2)c(OC)c1. The molecule has 0 saturated heterocycles. The first-order valence-corrected chi connectivity index (χ1v) is 8.43. The van der Waals surface area contributed by atoms with E-state index in [1.807, 2.05) is 0 Å². The van der Waals surface area contributed by atoms with Crippen molar-refractivity contribution in [3.63, 3.8) is 0 Å². The molecule has 0 aliphatic carbocycles. The Kier molecular flexibility index (Phi) is 6.01. The van der Waals surface area contributed by atoms with E-state index < -0.39 is 5.91 Å². The van der Waals surface area contributed by atoms with Gasteiger partial charge < -0.3 is 20.1 Å². The van der Waals surface area contributed by atoms with Gasteiger partial charge in [-0.05, 0) is 18.2 Å². The van der Waals surface area contributed by atoms with Crippen LogP contribution in [0.3, 0.4) is 0 Å². The molecule has 0 aliphatic heterocycles. The topological polar surface area (TPSA) is 85.4 Å². The summed E-state index contributed by atoms with van der Waals surface area (Å²) in [5.41, 5.74) is 1.32. The number of carbonyl (C=O) groups is 1. The summed E-state index contributed by atoms with van der Waals surface area (Å²) in [6.07, 6.45) is 2.78. The molecule has 0 radical (unpaired) electrons. The van der Waals surface area contributed by atoms with Gasteiger partial charge in [-0.2, -0.15) is 0 Å². The van der Waals surface area contributed by atoms with Crippen LogP contribution in [0.5, 0.6) is 11.5 Å². The minimum Gasteiger partial charge on any atom is -0.497 e. The molecule has 1 heterocycles. The zero-order valence-electron chi connectivity index (χ0n) is 15.4. The van der Waals surface area contributed by atoms with Crippen LogP contribution < -0.4 is 20.1 Å². The van der Waals surface area contributed by atoms with E-state index in [0.717, 1.165) is 0 Å². The van der Waals surface area contributed by atoms with Crippen LogP contribution in [-0.2, 0) is 6.54 Å². The Morgan fingerprint density at radius 3 is 2.50 bits per heavy atom. The number of ether oxygens (including phenoxy) is 2. The van der Waals surface area contributed by atoms with Crippen LogP contribution in [-0.4, -0.2) is 30.1 Å². The van der Waals surface area contributed by atoms with Gasteiger partial charge in [-0.25, -0.2) is 14.4 Å². The minimum atomic E-state index is -0.392. The molecular formula is C20H19FN4O3. The van der Waals surface area contributed by atoms with Crippen molar-refractivity contribution in [1.29, 1.82) is 0 Å². The van der Waals surface area contributed by atoms with Gasteiger partial charge in [0.05, 0.1) is 25.5 Å². The van der Waals surface area contributed by atoms with Gasteiger partial charge in [0, 0.05) is 30.6 Å². The van der Waals surface area contributed by atoms with Crippen molar-refractivity contribution in [1.82, 2.24) is 15.3 Å². The van der Waals surface area contributed by atoms with Crippen molar-refractivity contribution in [3.8, 4) is 11.5 Å². The van der Waals surface area contributed by atoms with E-state index in [2.05, 4.69) is 20.6 Å². The molecule has 7 nitrogen and oxygen atoms in total. The number of methoxy groups -OCH3 is 2. The van der Waals surface area contributed by atoms with Crippen molar-refractivity contribution in [2.45, 2.75) is 6.54 Å². The lowest BCUT2D eigenvalue weighted by Crippen LogP contribution is -2.23. The fourth-order valence-electron chi connectivity index (χ4n) is 2.45. The third-order valence-electron chi connectivity index (χ3n) is 3.97. The second-order valence-electron chi connectivity index (χ2n) is 5.76. The second kappa shape index (κ2) is 8.81. The maximum absolute atomic E-state index is 13.6. The molecular weight excluding hydrogens is 363 g/mol. The Bertz CT molecular complexity index is 964. The van der Waals surface area contributed by atoms with Gasteiger partial charge in [0.1, 0.15) is 17.3 Å². The van der Waals surface area contributed by atoms with Gasteiger partial charge in [0.15, 0.2) is 0 Å². The maximum atomic E-state index is 13.6. The molecule has 0 fully saturated rings. The van der Waals surface area contributed by atoms with Crippen molar-refractivity contribution in [3.05, 3.63) is 71.8 Å². The molecule has 0 aliphatic rings. The molecule has 28 heavy (non-hydrogen) atoms. The predicted octanol–water partition coefficient (Wildman–Crippen LogP) is 3.31. The van der Waals surface area contributed by atoms with Gasteiger partial charge in [-0.15, -0.1) is 0 Å². The van der Waals surface area contributed by atoms with E-state index in [9.17, 15) is 9.18 Å². The summed E-state index contributed by atoms with van der Waals surface area (Å²) < 4.78 is 24.1. The van der Waals surface area contributed by atoms with Crippen LogP contribution in [0.15, 0.2) is 54.9 Å². The largest absolute Gasteiger partial charge is 0.497 e. The highest BCUT2D eigenvalue weighted by atomic mass is 19.1. The lowest BCUT2D eigenvalue weighted by molar-refractivity contribution is 0.0950. The molecule has 1 aromatic heterocycles. The number of benzene rings is 2. The molecule has 3 rings (SSSR count). The van der Waals surface area contributed by atoms with E-state index in [0.29, 0.717) is 28.7 Å². The van der Waals surface area contributed by atoms with Crippen LogP contribution in [0.2, 0.25) is 0 Å². The van der Waals surface area contributed by atoms with E-state index in [1.54, 1.807) is 50.6 Å². The second-order valence-corrected chi connectivity index (χ2v) is 5.76. The summed E-state index contributed by atoms with van der Waals surface area (Å²) in [5.74, 6) is 0.762. The minimum absolute atomic E-state index is 0.0779. The molecule has 8 heteroatoms. The number of anilines is 2. The number of hydrogen-bond donors (Lipinski definition) is 2. The number of nitrogens with zero attached hydrogens (tertiary/aromatic N) is 2. The predicted molar refractivity (Wildman–Crippen MR) is 102 cm³/mol. The fourth-order valence-corrected chi connectivity index (χ4v) is 2.45. The molecule has 0 spiro atoms. The molecule has 0 bridgehead atoms. The van der Waals surface area contributed by atoms with Crippen LogP contribution in [0.25, 0.3) is 0 Å². The van der Waals surface area contributed by atoms with E-state index >= 15 is 0 Å². The Balaban J connectivity index is 1.65. The summed E-state index contributed by atoms with van der Waals surface area (Å²) in [6, 6.07) is 11.5. The highest BCUT2D eigenvalue weighted by molar-refractivity contribution is 5.93. The molecule has 0 atom stereocenters. The quantitative estimate of drug-likeness (QED) is 0.652. The van der Waals surface area contributed by atoms with Gasteiger partial charge in [0.25, 0.3) is 5.91 Å². The lowest BCUT2D eigenvalue weighted by Gasteiger charge is -2.11. The van der Waals surface area contributed by atoms with E-state index in [-0.39, 0.29) is 17.9 Å². The van der Waals surface area contributed by atoms with Gasteiger partial charge in [0.2, 0.25) is 5.95 Å². The molecule has 0 unspecified atom stereocenters. The van der Waals surface area contributed by atoms with Crippen LogP contribution in [0, 0.1) is 5.82 Å². The first kappa shape index (κ1) is 19.1. The smallest absolute Gasteiger partial charge is 0.254 e. The first-order chi connectivity index (χ1) is 13.6. The van der Waals surface area contributed by atoms with E-state index in [1.165, 1.54) is 18.5 Å². The van der Waals surface area contributed by atoms with Gasteiger partial charge in [-0.3, -0.25) is 4.79 Å². The summed E-state index contributed by atoms with van der Waals surface area (Å²) in [5, 5.41) is 5.67. The average molecular weight is 382 g/mol. The van der Waals surface area contributed by atoms with Crippen molar-refractivity contribution in [2.75, 3.05) is 19.5 Å². The third kappa shape index (κ3) is 4.53. The highest BCUT2D eigenvalue weighted by Gasteiger charge is 2.10. The molecule has 1 amide bonds. The Morgan fingerprint density at radius 1 is 1.07 bits per heavy atom. The summed E-state index contributed by atoms with van der Waals surface area (Å²) in [6.45, 7) is 0.0779. The zero-order chi connectivity index (χ0) is 19.9. The molecule has 3 aromatic rings. The Labute approximate surface area is 161 Å². The molecule has 144 valence electrons. The molecule has 2 N–H and O–H groups in total. The summed E-state index contributed by atoms with van der Waals surface area (Å²) in [7, 11) is 3.12.